The fourth-order valence-electron chi connectivity index (χ4n) is 2.80. The largest absolute Gasteiger partial charge is 0.370 e. The van der Waals surface area contributed by atoms with E-state index in [0.717, 1.165) is 37.1 Å². The van der Waals surface area contributed by atoms with Gasteiger partial charge in [0.15, 0.2) is 5.65 Å². The molecule has 2 aromatic rings. The molecule has 2 aromatic heterocycles. The van der Waals surface area contributed by atoms with Crippen molar-refractivity contribution in [2.75, 3.05) is 18.0 Å². The number of amides is 1. The lowest BCUT2D eigenvalue weighted by Crippen LogP contribution is -2.35. The van der Waals surface area contributed by atoms with E-state index in [1.807, 2.05) is 18.2 Å². The highest BCUT2D eigenvalue weighted by Gasteiger charge is 2.21. The summed E-state index contributed by atoms with van der Waals surface area (Å²) in [5.41, 5.74) is 5.96. The smallest absolute Gasteiger partial charge is 0.217 e. The molecule has 1 amide bonds. The van der Waals surface area contributed by atoms with E-state index in [0.29, 0.717) is 23.0 Å². The Labute approximate surface area is 128 Å². The van der Waals surface area contributed by atoms with Crippen LogP contribution in [0.1, 0.15) is 19.3 Å². The monoisotopic (exact) mass is 304 g/mol. The molecule has 1 saturated heterocycles. The van der Waals surface area contributed by atoms with Crippen molar-refractivity contribution in [2.45, 2.75) is 19.3 Å². The van der Waals surface area contributed by atoms with Gasteiger partial charge in [-0.2, -0.15) is 0 Å². The Hall–Kier alpha value is -1.88. The number of pyridine rings is 2. The Morgan fingerprint density at radius 3 is 2.86 bits per heavy atom. The number of primary amides is 1. The van der Waals surface area contributed by atoms with E-state index in [-0.39, 0.29) is 5.91 Å². The number of halogens is 1. The van der Waals surface area contributed by atoms with Crippen LogP contribution in [0.2, 0.25) is 5.02 Å². The van der Waals surface area contributed by atoms with E-state index in [4.69, 9.17) is 17.3 Å². The van der Waals surface area contributed by atoms with Crippen molar-refractivity contribution in [1.29, 1.82) is 0 Å². The topological polar surface area (TPSA) is 72.1 Å². The van der Waals surface area contributed by atoms with E-state index < -0.39 is 0 Å². The van der Waals surface area contributed by atoms with Gasteiger partial charge in [-0.1, -0.05) is 11.6 Å². The number of hydrogen-bond donors (Lipinski definition) is 1. The number of nitrogens with zero attached hydrogens (tertiary/aromatic N) is 3. The molecule has 0 unspecified atom stereocenters. The minimum Gasteiger partial charge on any atom is -0.370 e. The van der Waals surface area contributed by atoms with Crippen molar-refractivity contribution in [3.63, 3.8) is 0 Å². The van der Waals surface area contributed by atoms with Crippen molar-refractivity contribution in [3.8, 4) is 0 Å². The van der Waals surface area contributed by atoms with Crippen molar-refractivity contribution < 1.29 is 4.79 Å². The van der Waals surface area contributed by atoms with Crippen LogP contribution in [-0.2, 0) is 4.79 Å². The number of carbonyl (C=O) groups excluding carboxylic acids is 1. The highest BCUT2D eigenvalue weighted by molar-refractivity contribution is 6.31. The summed E-state index contributed by atoms with van der Waals surface area (Å²) in [6.45, 7) is 1.79. The van der Waals surface area contributed by atoms with Crippen LogP contribution in [0.15, 0.2) is 24.4 Å². The zero-order chi connectivity index (χ0) is 14.8. The van der Waals surface area contributed by atoms with Gasteiger partial charge in [-0.25, -0.2) is 9.97 Å². The summed E-state index contributed by atoms with van der Waals surface area (Å²) in [6, 6.07) is 5.85. The van der Waals surface area contributed by atoms with Crippen molar-refractivity contribution in [2.24, 2.45) is 11.7 Å². The molecule has 1 aliphatic heterocycles. The van der Waals surface area contributed by atoms with Crippen LogP contribution in [0.3, 0.4) is 0 Å². The summed E-state index contributed by atoms with van der Waals surface area (Å²) in [6.07, 6.45) is 4.03. The van der Waals surface area contributed by atoms with Crippen molar-refractivity contribution in [3.05, 3.63) is 29.4 Å². The number of nitrogens with two attached hydrogens (primary N) is 1. The molecule has 0 bridgehead atoms. The van der Waals surface area contributed by atoms with Crippen LogP contribution in [0.25, 0.3) is 11.0 Å². The number of fused-ring (bicyclic) bond motifs is 1. The zero-order valence-electron chi connectivity index (χ0n) is 11.6. The average Bonchev–Trinajstić information content (AvgIpc) is 2.47. The first-order valence-electron chi connectivity index (χ1n) is 7.07. The molecule has 2 N–H and O–H groups in total. The number of rotatable bonds is 3. The Kier molecular flexibility index (Phi) is 3.92. The number of piperidine rings is 1. The van der Waals surface area contributed by atoms with Gasteiger partial charge in [0.1, 0.15) is 5.82 Å². The highest BCUT2D eigenvalue weighted by Crippen LogP contribution is 2.25. The molecule has 110 valence electrons. The first-order chi connectivity index (χ1) is 10.1. The second-order valence-corrected chi connectivity index (χ2v) is 5.91. The molecule has 3 heterocycles. The first kappa shape index (κ1) is 14.1. The van der Waals surface area contributed by atoms with Gasteiger partial charge in [-0.15, -0.1) is 0 Å². The Morgan fingerprint density at radius 2 is 2.14 bits per heavy atom. The predicted molar refractivity (Wildman–Crippen MR) is 83.3 cm³/mol. The minimum atomic E-state index is -0.210. The minimum absolute atomic E-state index is 0.210. The third-order valence-corrected chi connectivity index (χ3v) is 4.13. The summed E-state index contributed by atoms with van der Waals surface area (Å²) in [5.74, 6) is 1.12. The lowest BCUT2D eigenvalue weighted by atomic mass is 9.93. The Balaban J connectivity index is 1.73. The van der Waals surface area contributed by atoms with Crippen molar-refractivity contribution >= 4 is 34.4 Å². The van der Waals surface area contributed by atoms with Gasteiger partial charge in [0.2, 0.25) is 5.91 Å². The number of carbonyl (C=O) groups is 1. The SMILES string of the molecule is NC(=O)CC1CCN(c2ccc3cc(Cl)cnc3n2)CC1. The molecule has 0 aliphatic carbocycles. The molecule has 0 radical (unpaired) electrons. The van der Waals surface area contributed by atoms with Gasteiger partial charge in [-0.05, 0) is 37.0 Å². The summed E-state index contributed by atoms with van der Waals surface area (Å²) in [7, 11) is 0. The van der Waals surface area contributed by atoms with Gasteiger partial charge < -0.3 is 10.6 Å². The second-order valence-electron chi connectivity index (χ2n) is 5.47. The maximum absolute atomic E-state index is 11.0. The van der Waals surface area contributed by atoms with Gasteiger partial charge >= 0.3 is 0 Å². The molecule has 5 nitrogen and oxygen atoms in total. The fourth-order valence-corrected chi connectivity index (χ4v) is 2.97. The van der Waals surface area contributed by atoms with E-state index >= 15 is 0 Å². The van der Waals surface area contributed by atoms with Crippen LogP contribution < -0.4 is 10.6 Å². The van der Waals surface area contributed by atoms with Crippen LogP contribution >= 0.6 is 11.6 Å². The molecule has 0 spiro atoms. The quantitative estimate of drug-likeness (QED) is 0.945. The number of hydrogen-bond acceptors (Lipinski definition) is 4. The summed E-state index contributed by atoms with van der Waals surface area (Å²) >= 11 is 5.93. The highest BCUT2D eigenvalue weighted by atomic mass is 35.5. The Morgan fingerprint density at radius 1 is 1.38 bits per heavy atom. The van der Waals surface area contributed by atoms with Crippen molar-refractivity contribution in [1.82, 2.24) is 9.97 Å². The van der Waals surface area contributed by atoms with E-state index in [2.05, 4.69) is 14.9 Å². The predicted octanol–water partition coefficient (Wildman–Crippen LogP) is 2.38. The third-order valence-electron chi connectivity index (χ3n) is 3.92. The lowest BCUT2D eigenvalue weighted by molar-refractivity contribution is -0.119. The van der Waals surface area contributed by atoms with Gasteiger partial charge in [0, 0.05) is 31.1 Å². The molecular formula is C15H17ClN4O. The molecular weight excluding hydrogens is 288 g/mol. The normalized spacial score (nSPS) is 16.3. The van der Waals surface area contributed by atoms with Gasteiger partial charge in [0.05, 0.1) is 5.02 Å². The maximum Gasteiger partial charge on any atom is 0.217 e. The molecule has 0 atom stereocenters. The fraction of sp³-hybridized carbons (Fsp3) is 0.400. The second kappa shape index (κ2) is 5.85. The number of anilines is 1. The zero-order valence-corrected chi connectivity index (χ0v) is 12.4. The van der Waals surface area contributed by atoms with Crippen LogP contribution in [-0.4, -0.2) is 29.0 Å². The Bertz CT molecular complexity index is 668. The van der Waals surface area contributed by atoms with Crippen LogP contribution in [0.4, 0.5) is 5.82 Å². The summed E-state index contributed by atoms with van der Waals surface area (Å²) in [4.78, 5) is 22.0. The molecule has 1 fully saturated rings. The summed E-state index contributed by atoms with van der Waals surface area (Å²) < 4.78 is 0. The average molecular weight is 305 g/mol. The molecule has 6 heteroatoms. The summed E-state index contributed by atoms with van der Waals surface area (Å²) in [5, 5.41) is 1.55. The van der Waals surface area contributed by atoms with E-state index in [1.54, 1.807) is 6.20 Å². The molecule has 21 heavy (non-hydrogen) atoms. The van der Waals surface area contributed by atoms with Gasteiger partial charge in [-0.3, -0.25) is 4.79 Å². The number of aromatic nitrogens is 2. The van der Waals surface area contributed by atoms with E-state index in [1.165, 1.54) is 0 Å². The first-order valence-corrected chi connectivity index (χ1v) is 7.45. The standard InChI is InChI=1S/C15H17ClN4O/c16-12-8-11-1-2-14(19-15(11)18-9-12)20-5-3-10(4-6-20)7-13(17)21/h1-2,8-10H,3-7H2,(H2,17,21). The van der Waals surface area contributed by atoms with E-state index in [9.17, 15) is 4.79 Å². The molecule has 1 aliphatic rings. The maximum atomic E-state index is 11.0. The third kappa shape index (κ3) is 3.24. The molecule has 0 saturated carbocycles. The van der Waals surface area contributed by atoms with Crippen LogP contribution in [0.5, 0.6) is 0 Å². The van der Waals surface area contributed by atoms with Gasteiger partial charge in [0.25, 0.3) is 0 Å². The van der Waals surface area contributed by atoms with Crippen LogP contribution in [0, 0.1) is 5.92 Å². The lowest BCUT2D eigenvalue weighted by Gasteiger charge is -2.32. The molecule has 3 rings (SSSR count). The molecule has 0 aromatic carbocycles.